The third-order valence-electron chi connectivity index (χ3n) is 4.58. The number of benzene rings is 2. The molecule has 1 saturated heterocycles. The molecule has 0 aliphatic carbocycles. The first-order valence-corrected chi connectivity index (χ1v) is 8.59. The summed E-state index contributed by atoms with van der Waals surface area (Å²) in [5, 5.41) is 0. The number of aryl methyl sites for hydroxylation is 1. The van der Waals surface area contributed by atoms with E-state index in [2.05, 4.69) is 0 Å². The van der Waals surface area contributed by atoms with Gasteiger partial charge in [0, 0.05) is 5.56 Å². The van der Waals surface area contributed by atoms with Crippen molar-refractivity contribution in [1.82, 2.24) is 0 Å². The van der Waals surface area contributed by atoms with Crippen molar-refractivity contribution in [2.75, 3.05) is 31.3 Å². The highest BCUT2D eigenvalue weighted by atomic mass is 16.7. The zero-order chi connectivity index (χ0) is 17.3. The van der Waals surface area contributed by atoms with Gasteiger partial charge in [0.25, 0.3) is 11.7 Å². The Hall–Kier alpha value is -2.37. The third-order valence-corrected chi connectivity index (χ3v) is 4.58. The second kappa shape index (κ2) is 6.50. The van der Waals surface area contributed by atoms with Crippen molar-refractivity contribution in [2.45, 2.75) is 19.1 Å². The van der Waals surface area contributed by atoms with Crippen LogP contribution in [0.15, 0.2) is 48.5 Å². The van der Waals surface area contributed by atoms with Crippen LogP contribution in [-0.4, -0.2) is 32.3 Å². The number of carbonyl (C=O) groups excluding carboxylic acids is 1. The van der Waals surface area contributed by atoms with Crippen molar-refractivity contribution in [2.24, 2.45) is 0 Å². The standard InChI is InChI=1S/C20H21NO4/c1-15-7-9-16(10-8-15)23-14-11-21-18-6-3-2-5-17(18)20(19(21)22)24-12-4-13-25-20/h2-3,5-10H,4,11-14H2,1H3. The van der Waals surface area contributed by atoms with E-state index in [1.54, 1.807) is 4.90 Å². The minimum absolute atomic E-state index is 0.166. The number of hydrogen-bond donors (Lipinski definition) is 0. The molecule has 1 amide bonds. The van der Waals surface area contributed by atoms with Crippen molar-refractivity contribution in [1.29, 1.82) is 0 Å². The smallest absolute Gasteiger partial charge is 0.292 e. The van der Waals surface area contributed by atoms with Crippen LogP contribution < -0.4 is 9.64 Å². The Morgan fingerprint density at radius 3 is 2.56 bits per heavy atom. The molecule has 0 saturated carbocycles. The van der Waals surface area contributed by atoms with Gasteiger partial charge in [0.2, 0.25) is 0 Å². The molecule has 0 radical (unpaired) electrons. The molecule has 0 aromatic heterocycles. The number of amides is 1. The minimum atomic E-state index is -1.28. The highest BCUT2D eigenvalue weighted by Crippen LogP contribution is 2.44. The van der Waals surface area contributed by atoms with Gasteiger partial charge < -0.3 is 19.1 Å². The molecule has 2 aromatic carbocycles. The van der Waals surface area contributed by atoms with Crippen LogP contribution in [0.1, 0.15) is 17.5 Å². The van der Waals surface area contributed by atoms with Gasteiger partial charge in [0.15, 0.2) is 0 Å². The van der Waals surface area contributed by atoms with Gasteiger partial charge >= 0.3 is 0 Å². The van der Waals surface area contributed by atoms with E-state index >= 15 is 0 Å². The average Bonchev–Trinajstić information content (AvgIpc) is 2.87. The van der Waals surface area contributed by atoms with Crippen molar-refractivity contribution in [3.05, 3.63) is 59.7 Å². The van der Waals surface area contributed by atoms with Gasteiger partial charge in [-0.05, 0) is 31.5 Å². The van der Waals surface area contributed by atoms with Gasteiger partial charge in [-0.1, -0.05) is 35.9 Å². The Balaban J connectivity index is 1.51. The van der Waals surface area contributed by atoms with Crippen LogP contribution in [0.3, 0.4) is 0 Å². The fourth-order valence-corrected chi connectivity index (χ4v) is 3.31. The predicted octanol–water partition coefficient (Wildman–Crippen LogP) is 3.01. The lowest BCUT2D eigenvalue weighted by atomic mass is 10.1. The van der Waals surface area contributed by atoms with E-state index in [1.807, 2.05) is 55.5 Å². The summed E-state index contributed by atoms with van der Waals surface area (Å²) in [7, 11) is 0. The minimum Gasteiger partial charge on any atom is -0.492 e. The van der Waals surface area contributed by atoms with Crippen LogP contribution in [0.5, 0.6) is 5.75 Å². The Kier molecular flexibility index (Phi) is 4.19. The number of ether oxygens (including phenoxy) is 3. The number of rotatable bonds is 4. The summed E-state index contributed by atoms with van der Waals surface area (Å²) in [6, 6.07) is 15.5. The van der Waals surface area contributed by atoms with Gasteiger partial charge in [-0.15, -0.1) is 0 Å². The number of fused-ring (bicyclic) bond motifs is 2. The van der Waals surface area contributed by atoms with E-state index < -0.39 is 5.79 Å². The van der Waals surface area contributed by atoms with E-state index in [0.717, 1.165) is 23.4 Å². The third kappa shape index (κ3) is 2.79. The molecule has 1 fully saturated rings. The van der Waals surface area contributed by atoms with E-state index in [-0.39, 0.29) is 5.91 Å². The Bertz CT molecular complexity index is 766. The zero-order valence-electron chi connectivity index (χ0n) is 14.2. The molecule has 0 bridgehead atoms. The van der Waals surface area contributed by atoms with Gasteiger partial charge in [-0.2, -0.15) is 0 Å². The molecule has 0 N–H and O–H groups in total. The molecule has 2 aliphatic heterocycles. The zero-order valence-corrected chi connectivity index (χ0v) is 14.2. The lowest BCUT2D eigenvalue weighted by molar-refractivity contribution is -0.256. The quantitative estimate of drug-likeness (QED) is 0.859. The maximum Gasteiger partial charge on any atom is 0.292 e. The molecule has 5 heteroatoms. The molecular formula is C20H21NO4. The molecule has 4 rings (SSSR count). The van der Waals surface area contributed by atoms with Gasteiger partial charge in [-0.25, -0.2) is 0 Å². The number of nitrogens with zero attached hydrogens (tertiary/aromatic N) is 1. The summed E-state index contributed by atoms with van der Waals surface area (Å²) < 4.78 is 17.4. The lowest BCUT2D eigenvalue weighted by Crippen LogP contribution is -2.48. The molecule has 2 aromatic rings. The molecule has 2 aliphatic rings. The Morgan fingerprint density at radius 2 is 1.80 bits per heavy atom. The maximum atomic E-state index is 13.0. The maximum absolute atomic E-state index is 13.0. The van der Waals surface area contributed by atoms with E-state index in [9.17, 15) is 4.79 Å². The highest BCUT2D eigenvalue weighted by molar-refractivity contribution is 6.06. The second-order valence-corrected chi connectivity index (χ2v) is 6.30. The van der Waals surface area contributed by atoms with Gasteiger partial charge in [-0.3, -0.25) is 4.79 Å². The molecule has 0 unspecified atom stereocenters. The fourth-order valence-electron chi connectivity index (χ4n) is 3.31. The molecule has 1 spiro atoms. The number of para-hydroxylation sites is 1. The summed E-state index contributed by atoms with van der Waals surface area (Å²) in [6.07, 6.45) is 0.799. The molecule has 0 atom stereocenters. The van der Waals surface area contributed by atoms with Crippen molar-refractivity contribution < 1.29 is 19.0 Å². The van der Waals surface area contributed by atoms with Gasteiger partial charge in [0.05, 0.1) is 25.4 Å². The van der Waals surface area contributed by atoms with Gasteiger partial charge in [0.1, 0.15) is 12.4 Å². The molecule has 25 heavy (non-hydrogen) atoms. The number of anilines is 1. The SMILES string of the molecule is Cc1ccc(OCCN2C(=O)C3(OCCCO3)c3ccccc32)cc1. The first-order valence-electron chi connectivity index (χ1n) is 8.59. The summed E-state index contributed by atoms with van der Waals surface area (Å²) in [6.45, 7) is 3.92. The lowest BCUT2D eigenvalue weighted by Gasteiger charge is -2.32. The number of carbonyl (C=O) groups is 1. The first kappa shape index (κ1) is 16.1. The Morgan fingerprint density at radius 1 is 1.08 bits per heavy atom. The summed E-state index contributed by atoms with van der Waals surface area (Å²) >= 11 is 0. The molecule has 130 valence electrons. The topological polar surface area (TPSA) is 48.0 Å². The molecule has 5 nitrogen and oxygen atoms in total. The monoisotopic (exact) mass is 339 g/mol. The highest BCUT2D eigenvalue weighted by Gasteiger charge is 2.54. The van der Waals surface area contributed by atoms with Crippen LogP contribution in [-0.2, 0) is 20.1 Å². The van der Waals surface area contributed by atoms with Crippen LogP contribution in [0, 0.1) is 6.92 Å². The van der Waals surface area contributed by atoms with Crippen molar-refractivity contribution >= 4 is 11.6 Å². The van der Waals surface area contributed by atoms with Crippen LogP contribution in [0.4, 0.5) is 5.69 Å². The summed E-state index contributed by atoms with van der Waals surface area (Å²) in [4.78, 5) is 14.7. The van der Waals surface area contributed by atoms with Crippen LogP contribution >= 0.6 is 0 Å². The average molecular weight is 339 g/mol. The molecule has 2 heterocycles. The molecular weight excluding hydrogens is 318 g/mol. The summed E-state index contributed by atoms with van der Waals surface area (Å²) in [5.74, 6) is -0.648. The number of hydrogen-bond acceptors (Lipinski definition) is 4. The van der Waals surface area contributed by atoms with Crippen molar-refractivity contribution in [3.63, 3.8) is 0 Å². The second-order valence-electron chi connectivity index (χ2n) is 6.30. The van der Waals surface area contributed by atoms with E-state index in [1.165, 1.54) is 5.56 Å². The largest absolute Gasteiger partial charge is 0.492 e. The predicted molar refractivity (Wildman–Crippen MR) is 93.7 cm³/mol. The van der Waals surface area contributed by atoms with Crippen molar-refractivity contribution in [3.8, 4) is 5.75 Å². The first-order chi connectivity index (χ1) is 12.2. The summed E-state index contributed by atoms with van der Waals surface area (Å²) in [5.41, 5.74) is 2.81. The van der Waals surface area contributed by atoms with Crippen LogP contribution in [0.2, 0.25) is 0 Å². The van der Waals surface area contributed by atoms with Crippen LogP contribution in [0.25, 0.3) is 0 Å². The van der Waals surface area contributed by atoms with E-state index in [4.69, 9.17) is 14.2 Å². The fraction of sp³-hybridized carbons (Fsp3) is 0.350. The van der Waals surface area contributed by atoms with E-state index in [0.29, 0.717) is 26.4 Å². The Labute approximate surface area is 147 Å². The normalized spacial score (nSPS) is 18.4.